The summed E-state index contributed by atoms with van der Waals surface area (Å²) in [5.74, 6) is 0.880. The number of benzene rings is 1. The molecule has 0 unspecified atom stereocenters. The van der Waals surface area contributed by atoms with Crippen molar-refractivity contribution in [1.82, 2.24) is 20.4 Å². The number of aromatic nitrogens is 2. The molecule has 3 aromatic rings. The van der Waals surface area contributed by atoms with Crippen molar-refractivity contribution in [2.24, 2.45) is 0 Å². The molecule has 8 heteroatoms. The number of piperidine rings is 1. The minimum Gasteiger partial charge on any atom is -0.496 e. The second kappa shape index (κ2) is 8.26. The minimum absolute atomic E-state index is 0.0345. The van der Waals surface area contributed by atoms with Gasteiger partial charge in [-0.15, -0.1) is 0 Å². The fraction of sp³-hybridized carbons (Fsp3) is 0.417. The molecule has 1 aliphatic carbocycles. The average Bonchev–Trinajstić information content (AvgIpc) is 3.61. The van der Waals surface area contributed by atoms with Crippen LogP contribution in [0.4, 0.5) is 0 Å². The zero-order valence-corrected chi connectivity index (χ0v) is 18.3. The van der Waals surface area contributed by atoms with Gasteiger partial charge in [-0.25, -0.2) is 4.98 Å². The highest BCUT2D eigenvalue weighted by Gasteiger charge is 2.33. The van der Waals surface area contributed by atoms with Crippen LogP contribution in [0.3, 0.4) is 0 Å². The molecule has 3 heterocycles. The van der Waals surface area contributed by atoms with Crippen LogP contribution < -0.4 is 10.1 Å². The Morgan fingerprint density at radius 2 is 1.84 bits per heavy atom. The van der Waals surface area contributed by atoms with Gasteiger partial charge >= 0.3 is 0 Å². The number of nitrogens with one attached hydrogen (secondary N) is 1. The maximum absolute atomic E-state index is 13.0. The number of rotatable bonds is 5. The molecule has 32 heavy (non-hydrogen) atoms. The number of methoxy groups -OCH3 is 1. The summed E-state index contributed by atoms with van der Waals surface area (Å²) in [4.78, 5) is 32.2. The molecule has 1 saturated heterocycles. The monoisotopic (exact) mass is 434 g/mol. The normalized spacial score (nSPS) is 16.9. The zero-order valence-electron chi connectivity index (χ0n) is 18.3. The molecular formula is C24H26N4O4. The van der Waals surface area contributed by atoms with Gasteiger partial charge in [0.05, 0.1) is 29.3 Å². The molecule has 2 amide bonds. The Morgan fingerprint density at radius 1 is 1.09 bits per heavy atom. The van der Waals surface area contributed by atoms with Crippen molar-refractivity contribution in [3.63, 3.8) is 0 Å². The Bertz CT molecular complexity index is 1180. The van der Waals surface area contributed by atoms with Crippen LogP contribution in [0.1, 0.15) is 69.6 Å². The molecule has 166 valence electrons. The summed E-state index contributed by atoms with van der Waals surface area (Å²) in [6, 6.07) is 9.17. The van der Waals surface area contributed by atoms with E-state index in [1.54, 1.807) is 26.3 Å². The number of hydrogen-bond donors (Lipinski definition) is 1. The molecule has 1 aliphatic heterocycles. The van der Waals surface area contributed by atoms with Gasteiger partial charge in [0.25, 0.3) is 17.5 Å². The van der Waals surface area contributed by atoms with Gasteiger partial charge in [-0.3, -0.25) is 9.59 Å². The van der Waals surface area contributed by atoms with E-state index in [0.717, 1.165) is 37.1 Å². The summed E-state index contributed by atoms with van der Waals surface area (Å²) in [6.45, 7) is 1.19. The standard InChI is InChI=1S/C24H26N4O4/c1-25-22(29)17-13-18(14-7-8-14)26-23-20(17)21(27-32-23)15-9-11-28(12-10-15)24(30)16-5-3-4-6-19(16)31-2/h3-6,13-15H,7-12H2,1-2H3,(H,25,29). The largest absolute Gasteiger partial charge is 0.496 e. The molecule has 2 aliphatic rings. The second-order valence-corrected chi connectivity index (χ2v) is 8.46. The topological polar surface area (TPSA) is 97.6 Å². The van der Waals surface area contributed by atoms with Crippen molar-refractivity contribution in [2.45, 2.75) is 37.5 Å². The van der Waals surface area contributed by atoms with Crippen molar-refractivity contribution < 1.29 is 18.8 Å². The predicted molar refractivity (Wildman–Crippen MR) is 118 cm³/mol. The first kappa shape index (κ1) is 20.5. The quantitative estimate of drug-likeness (QED) is 0.660. The van der Waals surface area contributed by atoms with E-state index >= 15 is 0 Å². The molecule has 5 rings (SSSR count). The van der Waals surface area contributed by atoms with Crippen molar-refractivity contribution in [1.29, 1.82) is 0 Å². The van der Waals surface area contributed by atoms with E-state index in [4.69, 9.17) is 9.26 Å². The minimum atomic E-state index is -0.160. The van der Waals surface area contributed by atoms with Crippen molar-refractivity contribution in [2.75, 3.05) is 27.2 Å². The van der Waals surface area contributed by atoms with E-state index in [1.807, 2.05) is 23.1 Å². The van der Waals surface area contributed by atoms with Gasteiger partial charge in [0.2, 0.25) is 0 Å². The molecule has 0 radical (unpaired) electrons. The van der Waals surface area contributed by atoms with Crippen molar-refractivity contribution >= 4 is 22.9 Å². The van der Waals surface area contributed by atoms with Crippen molar-refractivity contribution in [3.05, 3.63) is 52.8 Å². The summed E-state index contributed by atoms with van der Waals surface area (Å²) >= 11 is 0. The molecule has 0 spiro atoms. The highest BCUT2D eigenvalue weighted by molar-refractivity contribution is 6.06. The molecule has 0 atom stereocenters. The maximum atomic E-state index is 13.0. The Labute approximate surface area is 185 Å². The van der Waals surface area contributed by atoms with Gasteiger partial charge in [-0.1, -0.05) is 17.3 Å². The number of amides is 2. The molecule has 1 N–H and O–H groups in total. The third kappa shape index (κ3) is 3.59. The number of fused-ring (bicyclic) bond motifs is 1. The lowest BCUT2D eigenvalue weighted by Crippen LogP contribution is -2.38. The lowest BCUT2D eigenvalue weighted by atomic mass is 9.90. The first-order valence-corrected chi connectivity index (χ1v) is 11.0. The number of carbonyl (C=O) groups excluding carboxylic acids is 2. The number of carbonyl (C=O) groups is 2. The predicted octanol–water partition coefficient (Wildman–Crippen LogP) is 3.49. The van der Waals surface area contributed by atoms with E-state index in [2.05, 4.69) is 15.5 Å². The van der Waals surface area contributed by atoms with Crippen LogP contribution in [0.5, 0.6) is 5.75 Å². The van der Waals surface area contributed by atoms with Crippen LogP contribution in [0.25, 0.3) is 11.1 Å². The van der Waals surface area contributed by atoms with E-state index < -0.39 is 0 Å². The van der Waals surface area contributed by atoms with Gasteiger partial charge in [-0.2, -0.15) is 0 Å². The van der Waals surface area contributed by atoms with Gasteiger partial charge in [-0.05, 0) is 43.9 Å². The fourth-order valence-corrected chi connectivity index (χ4v) is 4.52. The second-order valence-electron chi connectivity index (χ2n) is 8.46. The van der Waals surface area contributed by atoms with E-state index in [0.29, 0.717) is 47.0 Å². The third-order valence-corrected chi connectivity index (χ3v) is 6.47. The van der Waals surface area contributed by atoms with Gasteiger partial charge in [0, 0.05) is 37.7 Å². The molecule has 2 fully saturated rings. The third-order valence-electron chi connectivity index (χ3n) is 6.47. The van der Waals surface area contributed by atoms with Crippen LogP contribution >= 0.6 is 0 Å². The van der Waals surface area contributed by atoms with Gasteiger partial charge in [0.15, 0.2) is 0 Å². The summed E-state index contributed by atoms with van der Waals surface area (Å²) < 4.78 is 10.9. The summed E-state index contributed by atoms with van der Waals surface area (Å²) in [5, 5.41) is 7.76. The van der Waals surface area contributed by atoms with E-state index in [9.17, 15) is 9.59 Å². The maximum Gasteiger partial charge on any atom is 0.259 e. The lowest BCUT2D eigenvalue weighted by molar-refractivity contribution is 0.0708. The molecular weight excluding hydrogens is 408 g/mol. The van der Waals surface area contributed by atoms with Crippen LogP contribution in [0.15, 0.2) is 34.9 Å². The number of ether oxygens (including phenoxy) is 1. The van der Waals surface area contributed by atoms with Gasteiger partial charge < -0.3 is 19.5 Å². The summed E-state index contributed by atoms with van der Waals surface area (Å²) in [5.41, 5.74) is 3.23. The molecule has 8 nitrogen and oxygen atoms in total. The molecule has 1 saturated carbocycles. The molecule has 0 bridgehead atoms. The first-order chi connectivity index (χ1) is 15.6. The Kier molecular flexibility index (Phi) is 5.28. The summed E-state index contributed by atoms with van der Waals surface area (Å²) in [6.07, 6.45) is 3.65. The van der Waals surface area contributed by atoms with Crippen LogP contribution in [-0.2, 0) is 0 Å². The number of para-hydroxylation sites is 1. The Hall–Kier alpha value is -3.42. The highest BCUT2D eigenvalue weighted by Crippen LogP contribution is 2.41. The Morgan fingerprint density at radius 3 is 2.53 bits per heavy atom. The SMILES string of the molecule is CNC(=O)c1cc(C2CC2)nc2onc(C3CCN(C(=O)c4ccccc4OC)CC3)c12. The van der Waals surface area contributed by atoms with Crippen LogP contribution in [0, 0.1) is 0 Å². The average molecular weight is 434 g/mol. The van der Waals surface area contributed by atoms with Crippen LogP contribution in [0.2, 0.25) is 0 Å². The number of pyridine rings is 1. The number of likely N-dealkylation sites (tertiary alicyclic amines) is 1. The smallest absolute Gasteiger partial charge is 0.259 e. The summed E-state index contributed by atoms with van der Waals surface area (Å²) in [7, 11) is 3.20. The van der Waals surface area contributed by atoms with Crippen LogP contribution in [-0.4, -0.2) is 54.1 Å². The first-order valence-electron chi connectivity index (χ1n) is 11.0. The highest BCUT2D eigenvalue weighted by atomic mass is 16.5. The fourth-order valence-electron chi connectivity index (χ4n) is 4.52. The Balaban J connectivity index is 1.39. The lowest BCUT2D eigenvalue weighted by Gasteiger charge is -2.31. The van der Waals surface area contributed by atoms with Crippen molar-refractivity contribution in [3.8, 4) is 5.75 Å². The van der Waals surface area contributed by atoms with E-state index in [-0.39, 0.29) is 17.7 Å². The van der Waals surface area contributed by atoms with E-state index in [1.165, 1.54) is 0 Å². The van der Waals surface area contributed by atoms with Gasteiger partial charge in [0.1, 0.15) is 5.75 Å². The zero-order chi connectivity index (χ0) is 22.2. The number of hydrogen-bond acceptors (Lipinski definition) is 6. The molecule has 2 aromatic heterocycles. The number of nitrogens with zero attached hydrogens (tertiary/aromatic N) is 3. The molecule has 1 aromatic carbocycles.